The van der Waals surface area contributed by atoms with Gasteiger partial charge in [0.1, 0.15) is 0 Å². The maximum Gasteiger partial charge on any atom is 0.331 e. The second-order valence-electron chi connectivity index (χ2n) is 10.8. The summed E-state index contributed by atoms with van der Waals surface area (Å²) in [7, 11) is 0. The fourth-order valence-corrected chi connectivity index (χ4v) is 5.83. The van der Waals surface area contributed by atoms with Gasteiger partial charge in [-0.2, -0.15) is 0 Å². The Labute approximate surface area is 255 Å². The number of carbonyl (C=O) groups is 3. The molecule has 0 amide bonds. The molecule has 2 heterocycles. The van der Waals surface area contributed by atoms with Crippen molar-refractivity contribution in [1.82, 2.24) is 4.57 Å². The number of fused-ring (bicyclic) bond motifs is 3. The van der Waals surface area contributed by atoms with Gasteiger partial charge >= 0.3 is 5.97 Å². The van der Waals surface area contributed by atoms with Crippen LogP contribution >= 0.6 is 0 Å². The minimum Gasteiger partial charge on any atom is -0.378 e. The third kappa shape index (κ3) is 5.52. The minimum absolute atomic E-state index is 0.195. The molecule has 1 aromatic heterocycles. The Bertz CT molecular complexity index is 1930. The van der Waals surface area contributed by atoms with Crippen LogP contribution in [0.5, 0.6) is 0 Å². The van der Waals surface area contributed by atoms with Crippen LogP contribution in [0.1, 0.15) is 58.2 Å². The van der Waals surface area contributed by atoms with E-state index in [9.17, 15) is 14.4 Å². The fourth-order valence-electron chi connectivity index (χ4n) is 5.83. The maximum absolute atomic E-state index is 14.2. The zero-order valence-corrected chi connectivity index (χ0v) is 25.0. The monoisotopic (exact) mass is 587 g/mol. The minimum atomic E-state index is -0.487. The van der Waals surface area contributed by atoms with Crippen molar-refractivity contribution in [3.63, 3.8) is 0 Å². The van der Waals surface area contributed by atoms with E-state index >= 15 is 0 Å². The average Bonchev–Trinajstić information content (AvgIpc) is 3.39. The number of hydrogen-bond donors (Lipinski definition) is 0. The molecule has 44 heavy (non-hydrogen) atoms. The third-order valence-corrected chi connectivity index (χ3v) is 8.08. The van der Waals surface area contributed by atoms with Gasteiger partial charge in [-0.1, -0.05) is 41.6 Å². The molecule has 0 N–H and O–H groups in total. The SMILES string of the molecule is CCn1c2ccc(C(=O)c3ccc(N4CCOCC4)cc3C(=O)c3ccccc3)cc2c2cc(C(C)=NOC(C)=O)ccc21. The topological polar surface area (TPSA) is 90.2 Å². The summed E-state index contributed by atoms with van der Waals surface area (Å²) in [4.78, 5) is 46.3. The van der Waals surface area contributed by atoms with Crippen LogP contribution in [0.3, 0.4) is 0 Å². The largest absolute Gasteiger partial charge is 0.378 e. The van der Waals surface area contributed by atoms with Gasteiger partial charge in [0, 0.05) is 76.3 Å². The van der Waals surface area contributed by atoms with Crippen LogP contribution in [0.15, 0.2) is 90.1 Å². The van der Waals surface area contributed by atoms with Gasteiger partial charge in [-0.05, 0) is 67.9 Å². The molecule has 6 rings (SSSR count). The van der Waals surface area contributed by atoms with Crippen molar-refractivity contribution in [3.05, 3.63) is 113 Å². The van der Waals surface area contributed by atoms with Crippen LogP contribution in [0.25, 0.3) is 21.8 Å². The van der Waals surface area contributed by atoms with Crippen molar-refractivity contribution in [2.75, 3.05) is 31.2 Å². The molecular formula is C36H33N3O5. The van der Waals surface area contributed by atoms with E-state index < -0.39 is 5.97 Å². The van der Waals surface area contributed by atoms with Crippen LogP contribution in [0.4, 0.5) is 5.69 Å². The molecular weight excluding hydrogens is 554 g/mol. The fraction of sp³-hybridized carbons (Fsp3) is 0.222. The van der Waals surface area contributed by atoms with E-state index in [1.54, 1.807) is 25.1 Å². The lowest BCUT2D eigenvalue weighted by molar-refractivity contribution is -0.140. The molecule has 0 atom stereocenters. The van der Waals surface area contributed by atoms with Crippen LogP contribution in [0.2, 0.25) is 0 Å². The molecule has 8 nitrogen and oxygen atoms in total. The van der Waals surface area contributed by atoms with Gasteiger partial charge in [-0.3, -0.25) is 9.59 Å². The number of hydrogen-bond acceptors (Lipinski definition) is 7. The number of ketones is 2. The standard InChI is InChI=1S/C36H33N3O5/c1-4-39-33-14-10-26(23(2)37-44-24(3)40)20-30(33)31-21-27(11-15-34(31)39)36(42)29-13-12-28(38-16-18-43-19-17-38)22-32(29)35(41)25-8-6-5-7-9-25/h5-15,20-22H,4,16-19H2,1-3H3. The van der Waals surface area contributed by atoms with Crippen LogP contribution < -0.4 is 4.90 Å². The first-order valence-electron chi connectivity index (χ1n) is 14.8. The van der Waals surface area contributed by atoms with Crippen LogP contribution in [-0.2, 0) is 20.9 Å². The van der Waals surface area contributed by atoms with Gasteiger partial charge in [0.05, 0.1) is 18.9 Å². The number of anilines is 1. The van der Waals surface area contributed by atoms with E-state index in [1.165, 1.54) is 6.92 Å². The normalized spacial score (nSPS) is 13.8. The molecule has 0 radical (unpaired) electrons. The highest BCUT2D eigenvalue weighted by molar-refractivity contribution is 6.21. The average molecular weight is 588 g/mol. The Kier molecular flexibility index (Phi) is 8.09. The maximum atomic E-state index is 14.2. The van der Waals surface area contributed by atoms with E-state index in [4.69, 9.17) is 9.57 Å². The Morgan fingerprint density at radius 1 is 0.750 bits per heavy atom. The quantitative estimate of drug-likeness (QED) is 0.0903. The Morgan fingerprint density at radius 2 is 1.39 bits per heavy atom. The number of ether oxygens (including phenoxy) is 1. The summed E-state index contributed by atoms with van der Waals surface area (Å²) in [6, 6.07) is 26.2. The Hall–Kier alpha value is -5.08. The summed E-state index contributed by atoms with van der Waals surface area (Å²) >= 11 is 0. The summed E-state index contributed by atoms with van der Waals surface area (Å²) < 4.78 is 7.71. The molecule has 0 spiro atoms. The summed E-state index contributed by atoms with van der Waals surface area (Å²) in [6.45, 7) is 8.58. The van der Waals surface area contributed by atoms with Crippen molar-refractivity contribution in [2.24, 2.45) is 5.16 Å². The van der Waals surface area contributed by atoms with Gasteiger partial charge in [-0.25, -0.2) is 4.79 Å². The summed E-state index contributed by atoms with van der Waals surface area (Å²) in [5.74, 6) is -0.903. The zero-order chi connectivity index (χ0) is 30.8. The number of oxime groups is 1. The van der Waals surface area contributed by atoms with E-state index in [1.807, 2.05) is 66.7 Å². The van der Waals surface area contributed by atoms with Crippen molar-refractivity contribution in [2.45, 2.75) is 27.3 Å². The number of morpholine rings is 1. The number of carbonyl (C=O) groups excluding carboxylic acids is 3. The Morgan fingerprint density at radius 3 is 2.05 bits per heavy atom. The molecule has 1 aliphatic heterocycles. The van der Waals surface area contributed by atoms with Gasteiger partial charge in [0.15, 0.2) is 11.6 Å². The highest BCUT2D eigenvalue weighted by atomic mass is 16.7. The van der Waals surface area contributed by atoms with Crippen molar-refractivity contribution < 1.29 is 24.0 Å². The molecule has 0 unspecified atom stereocenters. The van der Waals surface area contributed by atoms with Crippen LogP contribution in [0, 0.1) is 0 Å². The molecule has 0 saturated carbocycles. The molecule has 4 aromatic carbocycles. The number of rotatable bonds is 8. The first-order valence-corrected chi connectivity index (χ1v) is 14.8. The molecule has 1 saturated heterocycles. The van der Waals surface area contributed by atoms with Crippen LogP contribution in [-0.4, -0.2) is 54.1 Å². The summed E-state index contributed by atoms with van der Waals surface area (Å²) in [5, 5.41) is 5.82. The van der Waals surface area contributed by atoms with Gasteiger partial charge in [0.25, 0.3) is 0 Å². The Balaban J connectivity index is 1.46. The second-order valence-corrected chi connectivity index (χ2v) is 10.8. The first kappa shape index (κ1) is 29.0. The number of nitrogens with zero attached hydrogens (tertiary/aromatic N) is 3. The predicted molar refractivity (Wildman–Crippen MR) is 172 cm³/mol. The van der Waals surface area contributed by atoms with Crippen molar-refractivity contribution in [1.29, 1.82) is 0 Å². The van der Waals surface area contributed by atoms with Crippen molar-refractivity contribution >= 4 is 50.7 Å². The summed E-state index contributed by atoms with van der Waals surface area (Å²) in [5.41, 5.74) is 6.03. The highest BCUT2D eigenvalue weighted by Crippen LogP contribution is 2.32. The second kappa shape index (κ2) is 12.3. The first-order chi connectivity index (χ1) is 21.4. The predicted octanol–water partition coefficient (Wildman–Crippen LogP) is 6.40. The molecule has 1 aliphatic rings. The molecule has 0 bridgehead atoms. The number of aryl methyl sites for hydroxylation is 1. The van der Waals surface area contributed by atoms with Gasteiger partial charge in [-0.15, -0.1) is 0 Å². The highest BCUT2D eigenvalue weighted by Gasteiger charge is 2.23. The zero-order valence-electron chi connectivity index (χ0n) is 25.0. The lowest BCUT2D eigenvalue weighted by atomic mass is 9.92. The molecule has 0 aliphatic carbocycles. The molecule has 1 fully saturated rings. The van der Waals surface area contributed by atoms with E-state index in [0.29, 0.717) is 41.2 Å². The van der Waals surface area contributed by atoms with E-state index in [-0.39, 0.29) is 11.6 Å². The van der Waals surface area contributed by atoms with E-state index in [0.717, 1.165) is 52.7 Å². The number of benzene rings is 4. The molecule has 5 aromatic rings. The van der Waals surface area contributed by atoms with Gasteiger partial charge < -0.3 is 19.0 Å². The van der Waals surface area contributed by atoms with Gasteiger partial charge in [0.2, 0.25) is 0 Å². The molecule has 8 heteroatoms. The number of aromatic nitrogens is 1. The lowest BCUT2D eigenvalue weighted by Crippen LogP contribution is -2.36. The van der Waals surface area contributed by atoms with E-state index in [2.05, 4.69) is 21.5 Å². The smallest absolute Gasteiger partial charge is 0.331 e. The summed E-state index contributed by atoms with van der Waals surface area (Å²) in [6.07, 6.45) is 0. The van der Waals surface area contributed by atoms with Crippen molar-refractivity contribution in [3.8, 4) is 0 Å². The lowest BCUT2D eigenvalue weighted by Gasteiger charge is -2.29. The molecule has 222 valence electrons. The third-order valence-electron chi connectivity index (χ3n) is 8.08.